The normalized spacial score (nSPS) is 20.1. The summed E-state index contributed by atoms with van der Waals surface area (Å²) < 4.78 is 15.8. The Balaban J connectivity index is 2.05. The summed E-state index contributed by atoms with van der Waals surface area (Å²) in [6.45, 7) is 3.80. The van der Waals surface area contributed by atoms with Gasteiger partial charge in [0.1, 0.15) is 11.6 Å². The molecule has 0 radical (unpaired) electrons. The molecule has 2 aromatic rings. The second-order valence-electron chi connectivity index (χ2n) is 5.64. The van der Waals surface area contributed by atoms with Crippen molar-refractivity contribution in [1.29, 1.82) is 0 Å². The number of fused-ring (bicyclic) bond motifs is 1. The molecule has 3 rings (SSSR count). The molecule has 1 fully saturated rings. The lowest BCUT2D eigenvalue weighted by atomic mass is 10.2. The van der Waals surface area contributed by atoms with Crippen molar-refractivity contribution in [2.24, 2.45) is 0 Å². The van der Waals surface area contributed by atoms with Crippen LogP contribution in [0.15, 0.2) is 12.1 Å². The molecule has 0 bridgehead atoms. The van der Waals surface area contributed by atoms with Crippen LogP contribution >= 0.6 is 11.6 Å². The van der Waals surface area contributed by atoms with Crippen LogP contribution in [0.4, 0.5) is 4.39 Å². The molecule has 1 aromatic heterocycles. The van der Waals surface area contributed by atoms with Crippen molar-refractivity contribution < 1.29 is 4.39 Å². The molecule has 1 aromatic carbocycles. The lowest BCUT2D eigenvalue weighted by Crippen LogP contribution is -2.29. The van der Waals surface area contributed by atoms with Gasteiger partial charge >= 0.3 is 0 Å². The van der Waals surface area contributed by atoms with Crippen molar-refractivity contribution >= 4 is 22.6 Å². The van der Waals surface area contributed by atoms with Gasteiger partial charge in [0.25, 0.3) is 0 Å². The lowest BCUT2D eigenvalue weighted by Gasteiger charge is -2.21. The topological polar surface area (TPSA) is 21.1 Å². The van der Waals surface area contributed by atoms with E-state index in [9.17, 15) is 4.39 Å². The van der Waals surface area contributed by atoms with E-state index in [0.29, 0.717) is 23.0 Å². The summed E-state index contributed by atoms with van der Waals surface area (Å²) >= 11 is 6.01. The molecule has 0 saturated carbocycles. The Morgan fingerprint density at radius 1 is 1.45 bits per heavy atom. The van der Waals surface area contributed by atoms with Gasteiger partial charge in [-0.25, -0.2) is 9.37 Å². The van der Waals surface area contributed by atoms with E-state index in [1.165, 1.54) is 18.9 Å². The molecule has 1 aliphatic rings. The number of aryl methyl sites for hydroxylation is 1. The third-order valence-electron chi connectivity index (χ3n) is 4.29. The molecule has 1 aliphatic heterocycles. The number of hydrogen-bond donors (Lipinski definition) is 0. The van der Waals surface area contributed by atoms with Crippen LogP contribution in [0.25, 0.3) is 11.0 Å². The van der Waals surface area contributed by atoms with E-state index in [1.54, 1.807) is 6.92 Å². The molecule has 0 amide bonds. The molecular formula is C15H19ClFN3. The molecule has 2 heterocycles. The summed E-state index contributed by atoms with van der Waals surface area (Å²) in [7, 11) is 2.15. The van der Waals surface area contributed by atoms with Gasteiger partial charge in [0, 0.05) is 18.7 Å². The fourth-order valence-corrected chi connectivity index (χ4v) is 3.23. The van der Waals surface area contributed by atoms with Gasteiger partial charge in [-0.3, -0.25) is 0 Å². The standard InChI is InChI=1S/C15H19ClFN3/c1-10-6-14-13(7-12(10)17)18-15(8-16)20(14)9-11-4-3-5-19(11)2/h6-7,11H,3-5,8-9H2,1-2H3. The number of nitrogens with zero attached hydrogens (tertiary/aromatic N) is 3. The van der Waals surface area contributed by atoms with E-state index in [4.69, 9.17) is 11.6 Å². The van der Waals surface area contributed by atoms with Gasteiger partial charge in [0.05, 0.1) is 16.9 Å². The predicted octanol–water partition coefficient (Wildman–Crippen LogP) is 3.32. The second-order valence-corrected chi connectivity index (χ2v) is 5.91. The monoisotopic (exact) mass is 295 g/mol. The Hall–Kier alpha value is -1.13. The van der Waals surface area contributed by atoms with Crippen molar-refractivity contribution in [1.82, 2.24) is 14.5 Å². The van der Waals surface area contributed by atoms with Crippen LogP contribution in [0.5, 0.6) is 0 Å². The van der Waals surface area contributed by atoms with Crippen LogP contribution in [-0.2, 0) is 12.4 Å². The smallest absolute Gasteiger partial charge is 0.128 e. The number of likely N-dealkylation sites (N-methyl/N-ethyl adjacent to an activating group) is 1. The zero-order valence-corrected chi connectivity index (χ0v) is 12.6. The van der Waals surface area contributed by atoms with E-state index in [0.717, 1.165) is 24.4 Å². The van der Waals surface area contributed by atoms with Gasteiger partial charge in [-0.15, -0.1) is 11.6 Å². The first kappa shape index (κ1) is 13.8. The van der Waals surface area contributed by atoms with E-state index in [2.05, 4.69) is 21.5 Å². The molecule has 1 saturated heterocycles. The lowest BCUT2D eigenvalue weighted by molar-refractivity contribution is 0.282. The SMILES string of the molecule is Cc1cc2c(cc1F)nc(CCl)n2CC1CCCN1C. The van der Waals surface area contributed by atoms with Crippen LogP contribution in [0.2, 0.25) is 0 Å². The number of hydrogen-bond acceptors (Lipinski definition) is 2. The molecule has 3 nitrogen and oxygen atoms in total. The van der Waals surface area contributed by atoms with Gasteiger partial charge in [0.15, 0.2) is 0 Å². The van der Waals surface area contributed by atoms with E-state index in [-0.39, 0.29) is 5.82 Å². The van der Waals surface area contributed by atoms with Crippen LogP contribution in [0, 0.1) is 12.7 Å². The maximum atomic E-state index is 13.7. The van der Waals surface area contributed by atoms with Crippen LogP contribution in [0.1, 0.15) is 24.2 Å². The predicted molar refractivity (Wildman–Crippen MR) is 79.6 cm³/mol. The summed E-state index contributed by atoms with van der Waals surface area (Å²) in [5.41, 5.74) is 2.34. The molecule has 1 unspecified atom stereocenters. The minimum absolute atomic E-state index is 0.207. The maximum absolute atomic E-state index is 13.7. The Morgan fingerprint density at radius 3 is 2.90 bits per heavy atom. The maximum Gasteiger partial charge on any atom is 0.128 e. The average molecular weight is 296 g/mol. The number of likely N-dealkylation sites (tertiary alicyclic amines) is 1. The highest BCUT2D eigenvalue weighted by molar-refractivity contribution is 6.16. The molecule has 0 N–H and O–H groups in total. The summed E-state index contributed by atoms with van der Waals surface area (Å²) in [5, 5.41) is 0. The number of aromatic nitrogens is 2. The first-order chi connectivity index (χ1) is 9.60. The number of halogens is 2. The highest BCUT2D eigenvalue weighted by atomic mass is 35.5. The van der Waals surface area contributed by atoms with Gasteiger partial charge in [0.2, 0.25) is 0 Å². The quantitative estimate of drug-likeness (QED) is 0.810. The van der Waals surface area contributed by atoms with Gasteiger partial charge in [-0.05, 0) is 45.0 Å². The number of alkyl halides is 1. The van der Waals surface area contributed by atoms with Crippen molar-refractivity contribution in [2.45, 2.75) is 38.2 Å². The van der Waals surface area contributed by atoms with E-state index in [1.807, 2.05) is 6.07 Å². The van der Waals surface area contributed by atoms with Crippen molar-refractivity contribution in [3.63, 3.8) is 0 Å². The van der Waals surface area contributed by atoms with Crippen LogP contribution < -0.4 is 0 Å². The molecule has 108 valence electrons. The third-order valence-corrected chi connectivity index (χ3v) is 4.53. The molecule has 5 heteroatoms. The Kier molecular flexibility index (Phi) is 3.69. The third kappa shape index (κ3) is 2.31. The van der Waals surface area contributed by atoms with Crippen LogP contribution in [-0.4, -0.2) is 34.1 Å². The first-order valence-corrected chi connectivity index (χ1v) is 7.55. The zero-order valence-electron chi connectivity index (χ0n) is 11.9. The minimum atomic E-state index is -0.207. The largest absolute Gasteiger partial charge is 0.325 e. The highest BCUT2D eigenvalue weighted by Crippen LogP contribution is 2.24. The zero-order chi connectivity index (χ0) is 14.3. The summed E-state index contributed by atoms with van der Waals surface area (Å²) in [6.07, 6.45) is 2.43. The number of benzene rings is 1. The molecule has 0 spiro atoms. The molecule has 0 aliphatic carbocycles. The van der Waals surface area contributed by atoms with E-state index < -0.39 is 0 Å². The van der Waals surface area contributed by atoms with Gasteiger partial charge < -0.3 is 9.47 Å². The Labute approximate surface area is 123 Å². The van der Waals surface area contributed by atoms with Gasteiger partial charge in [-0.1, -0.05) is 0 Å². The Morgan fingerprint density at radius 2 is 2.25 bits per heavy atom. The highest BCUT2D eigenvalue weighted by Gasteiger charge is 2.23. The minimum Gasteiger partial charge on any atom is -0.325 e. The number of imidazole rings is 1. The molecule has 1 atom stereocenters. The molecule has 20 heavy (non-hydrogen) atoms. The average Bonchev–Trinajstić information content (AvgIpc) is 2.96. The van der Waals surface area contributed by atoms with Crippen molar-refractivity contribution in [2.75, 3.05) is 13.6 Å². The summed E-state index contributed by atoms with van der Waals surface area (Å²) in [6, 6.07) is 3.90. The first-order valence-electron chi connectivity index (χ1n) is 7.01. The number of rotatable bonds is 3. The fourth-order valence-electron chi connectivity index (χ4n) is 3.03. The van der Waals surface area contributed by atoms with Crippen molar-refractivity contribution in [3.05, 3.63) is 29.3 Å². The molecular weight excluding hydrogens is 277 g/mol. The van der Waals surface area contributed by atoms with E-state index >= 15 is 0 Å². The summed E-state index contributed by atoms with van der Waals surface area (Å²) in [4.78, 5) is 6.85. The van der Waals surface area contributed by atoms with Crippen LogP contribution in [0.3, 0.4) is 0 Å². The Bertz CT molecular complexity index is 638. The van der Waals surface area contributed by atoms with Gasteiger partial charge in [-0.2, -0.15) is 0 Å². The van der Waals surface area contributed by atoms with Crippen molar-refractivity contribution in [3.8, 4) is 0 Å². The second kappa shape index (κ2) is 5.34. The summed E-state index contributed by atoms with van der Waals surface area (Å²) in [5.74, 6) is 0.972. The fraction of sp³-hybridized carbons (Fsp3) is 0.533.